The Labute approximate surface area is 97.5 Å². The lowest BCUT2D eigenvalue weighted by atomic mass is 10.0. The van der Waals surface area contributed by atoms with Gasteiger partial charge in [-0.3, -0.25) is 0 Å². The highest BCUT2D eigenvalue weighted by Gasteiger charge is 2.15. The molecule has 0 fully saturated rings. The molecule has 0 aliphatic carbocycles. The summed E-state index contributed by atoms with van der Waals surface area (Å²) in [6.07, 6.45) is -0.680. The predicted molar refractivity (Wildman–Crippen MR) is 61.7 cm³/mol. The van der Waals surface area contributed by atoms with Crippen LogP contribution in [0, 0.1) is 0 Å². The minimum atomic E-state index is -0.680. The Morgan fingerprint density at radius 1 is 1.43 bits per heavy atom. The van der Waals surface area contributed by atoms with E-state index in [4.69, 9.17) is 5.73 Å². The molecule has 0 aromatic heterocycles. The topological polar surface area (TPSA) is 66.5 Å². The van der Waals surface area contributed by atoms with Crippen molar-refractivity contribution in [2.75, 3.05) is 0 Å². The van der Waals surface area contributed by atoms with Crippen LogP contribution in [-0.4, -0.2) is 16.3 Å². The summed E-state index contributed by atoms with van der Waals surface area (Å²) in [4.78, 5) is 0. The van der Waals surface area contributed by atoms with Gasteiger partial charge in [-0.1, -0.05) is 15.9 Å². The van der Waals surface area contributed by atoms with E-state index in [0.29, 0.717) is 5.56 Å². The van der Waals surface area contributed by atoms with Crippen molar-refractivity contribution >= 4 is 28.3 Å². The van der Waals surface area contributed by atoms with Gasteiger partial charge in [0.1, 0.15) is 5.75 Å². The van der Waals surface area contributed by atoms with Crippen molar-refractivity contribution in [2.45, 2.75) is 19.1 Å². The summed E-state index contributed by atoms with van der Waals surface area (Å²) in [7, 11) is 0. The molecule has 0 saturated heterocycles. The highest BCUT2D eigenvalue weighted by Crippen LogP contribution is 2.27. The van der Waals surface area contributed by atoms with Crippen LogP contribution in [0.3, 0.4) is 0 Å². The molecule has 5 heteroatoms. The van der Waals surface area contributed by atoms with Gasteiger partial charge < -0.3 is 15.9 Å². The maximum atomic E-state index is 9.44. The second kappa shape index (κ2) is 5.56. The molecule has 4 N–H and O–H groups in total. The normalized spacial score (nSPS) is 14.3. The number of phenolic OH excluding ortho intramolecular Hbond substituents is 1. The summed E-state index contributed by atoms with van der Waals surface area (Å²) >= 11 is 3.27. The summed E-state index contributed by atoms with van der Waals surface area (Å²) in [5, 5.41) is 18.7. The number of aromatic hydroxyl groups is 1. The van der Waals surface area contributed by atoms with Gasteiger partial charge >= 0.3 is 0 Å². The Morgan fingerprint density at radius 2 is 2.00 bits per heavy atom. The van der Waals surface area contributed by atoms with Gasteiger partial charge in [-0.2, -0.15) is 0 Å². The molecule has 0 aliphatic heterocycles. The lowest BCUT2D eigenvalue weighted by Crippen LogP contribution is -2.23. The number of hydrogen-bond donors (Lipinski definition) is 3. The molecule has 0 aliphatic rings. The molecule has 0 radical (unpaired) electrons. The van der Waals surface area contributed by atoms with Crippen LogP contribution in [0.2, 0.25) is 0 Å². The van der Waals surface area contributed by atoms with Crippen molar-refractivity contribution in [3.63, 3.8) is 0 Å². The van der Waals surface area contributed by atoms with Crippen molar-refractivity contribution in [3.8, 4) is 5.75 Å². The monoisotopic (exact) mass is 281 g/mol. The third kappa shape index (κ3) is 3.13. The van der Waals surface area contributed by atoms with Crippen LogP contribution in [0.5, 0.6) is 5.75 Å². The fourth-order valence-corrected chi connectivity index (χ4v) is 1.43. The molecule has 80 valence electrons. The molecular weight excluding hydrogens is 269 g/mol. The molecule has 1 aromatic rings. The summed E-state index contributed by atoms with van der Waals surface area (Å²) in [6.45, 7) is 1.59. The number of rotatable bonds is 2. The minimum absolute atomic E-state index is 0. The molecule has 14 heavy (non-hydrogen) atoms. The second-order valence-corrected chi connectivity index (χ2v) is 3.89. The molecule has 0 unspecified atom stereocenters. The van der Waals surface area contributed by atoms with E-state index in [1.165, 1.54) is 0 Å². The van der Waals surface area contributed by atoms with Gasteiger partial charge in [0.05, 0.1) is 12.1 Å². The van der Waals surface area contributed by atoms with Gasteiger partial charge in [-0.05, 0) is 25.1 Å². The molecule has 1 rings (SSSR count). The number of aliphatic hydroxyl groups excluding tert-OH is 1. The van der Waals surface area contributed by atoms with Crippen molar-refractivity contribution in [1.29, 1.82) is 0 Å². The number of phenols is 1. The van der Waals surface area contributed by atoms with Gasteiger partial charge in [0.2, 0.25) is 0 Å². The van der Waals surface area contributed by atoms with E-state index in [0.717, 1.165) is 4.47 Å². The van der Waals surface area contributed by atoms with Crippen molar-refractivity contribution < 1.29 is 10.2 Å². The molecule has 0 spiro atoms. The molecule has 0 saturated carbocycles. The first-order chi connectivity index (χ1) is 6.02. The number of benzene rings is 1. The first-order valence-corrected chi connectivity index (χ1v) is 4.73. The van der Waals surface area contributed by atoms with Crippen LogP contribution >= 0.6 is 28.3 Å². The summed E-state index contributed by atoms with van der Waals surface area (Å²) in [5.41, 5.74) is 6.22. The molecule has 3 nitrogen and oxygen atoms in total. The first-order valence-electron chi connectivity index (χ1n) is 3.94. The number of hydrogen-bond acceptors (Lipinski definition) is 3. The van der Waals surface area contributed by atoms with Crippen LogP contribution in [0.15, 0.2) is 22.7 Å². The summed E-state index contributed by atoms with van der Waals surface area (Å²) < 4.78 is 0.830. The molecular formula is C9H13BrClNO2. The standard InChI is InChI=1S/C9H12BrNO2.ClH/c1-5(12)9(11)7-4-6(10)2-3-8(7)13;/h2-5,9,12-13H,11H2,1H3;1H/t5-,9-;/m0./s1. The number of aliphatic hydroxyl groups is 1. The van der Waals surface area contributed by atoms with Crippen molar-refractivity contribution in [3.05, 3.63) is 28.2 Å². The zero-order chi connectivity index (χ0) is 10.0. The smallest absolute Gasteiger partial charge is 0.120 e. The molecule has 2 atom stereocenters. The summed E-state index contributed by atoms with van der Waals surface area (Å²) in [5.74, 6) is 0.108. The SMILES string of the molecule is C[C@H](O)[C@H](N)c1cc(Br)ccc1O.Cl. The average molecular weight is 283 g/mol. The van der Waals surface area contributed by atoms with Crippen LogP contribution in [-0.2, 0) is 0 Å². The number of halogens is 2. The maximum absolute atomic E-state index is 9.44. The first kappa shape index (κ1) is 13.7. The van der Waals surface area contributed by atoms with Crippen LogP contribution in [0.25, 0.3) is 0 Å². The number of nitrogens with two attached hydrogens (primary N) is 1. The summed E-state index contributed by atoms with van der Waals surface area (Å²) in [6, 6.07) is 4.40. The van der Waals surface area contributed by atoms with Crippen LogP contribution in [0.1, 0.15) is 18.5 Å². The van der Waals surface area contributed by atoms with E-state index < -0.39 is 12.1 Å². The fourth-order valence-electron chi connectivity index (χ4n) is 1.05. The Hall–Kier alpha value is -0.290. The van der Waals surface area contributed by atoms with E-state index >= 15 is 0 Å². The van der Waals surface area contributed by atoms with E-state index in [-0.39, 0.29) is 18.2 Å². The van der Waals surface area contributed by atoms with E-state index in [1.807, 2.05) is 0 Å². The Morgan fingerprint density at radius 3 is 2.50 bits per heavy atom. The Balaban J connectivity index is 0.00000169. The third-order valence-corrected chi connectivity index (χ3v) is 2.36. The van der Waals surface area contributed by atoms with Gasteiger partial charge in [0.25, 0.3) is 0 Å². The zero-order valence-corrected chi connectivity index (χ0v) is 10.0. The molecule has 0 bridgehead atoms. The molecule has 0 amide bonds. The molecule has 1 aromatic carbocycles. The van der Waals surface area contributed by atoms with E-state index in [9.17, 15) is 10.2 Å². The van der Waals surface area contributed by atoms with Gasteiger partial charge in [0.15, 0.2) is 0 Å². The minimum Gasteiger partial charge on any atom is -0.508 e. The predicted octanol–water partition coefficient (Wildman–Crippen LogP) is 1.96. The zero-order valence-electron chi connectivity index (χ0n) is 7.64. The quantitative estimate of drug-likeness (QED) is 0.777. The highest BCUT2D eigenvalue weighted by atomic mass is 79.9. The van der Waals surface area contributed by atoms with Crippen molar-refractivity contribution in [1.82, 2.24) is 0 Å². The largest absolute Gasteiger partial charge is 0.508 e. The maximum Gasteiger partial charge on any atom is 0.120 e. The Kier molecular flexibility index (Phi) is 5.44. The highest BCUT2D eigenvalue weighted by molar-refractivity contribution is 9.10. The van der Waals surface area contributed by atoms with Crippen LogP contribution in [0.4, 0.5) is 0 Å². The van der Waals surface area contributed by atoms with E-state index in [1.54, 1.807) is 25.1 Å². The van der Waals surface area contributed by atoms with Gasteiger partial charge in [-0.25, -0.2) is 0 Å². The van der Waals surface area contributed by atoms with E-state index in [2.05, 4.69) is 15.9 Å². The Bertz CT molecular complexity index is 307. The second-order valence-electron chi connectivity index (χ2n) is 2.97. The van der Waals surface area contributed by atoms with Crippen LogP contribution < -0.4 is 5.73 Å². The van der Waals surface area contributed by atoms with Crippen molar-refractivity contribution in [2.24, 2.45) is 5.73 Å². The van der Waals surface area contributed by atoms with Gasteiger partial charge in [-0.15, -0.1) is 12.4 Å². The lowest BCUT2D eigenvalue weighted by molar-refractivity contribution is 0.163. The average Bonchev–Trinajstić information content (AvgIpc) is 2.08. The lowest BCUT2D eigenvalue weighted by Gasteiger charge is -2.16. The fraction of sp³-hybridized carbons (Fsp3) is 0.333. The molecule has 0 heterocycles. The van der Waals surface area contributed by atoms with Gasteiger partial charge in [0, 0.05) is 10.0 Å². The third-order valence-electron chi connectivity index (χ3n) is 1.87.